The summed E-state index contributed by atoms with van der Waals surface area (Å²) in [5.74, 6) is 0. The Hall–Kier alpha value is -0.540. The Morgan fingerprint density at radius 1 is 1.32 bits per heavy atom. The molecule has 0 amide bonds. The monoisotopic (exact) mass is 311 g/mol. The molecule has 2 aromatic rings. The molecule has 3 rings (SSSR count). The summed E-state index contributed by atoms with van der Waals surface area (Å²) in [6.45, 7) is 2.16. The summed E-state index contributed by atoms with van der Waals surface area (Å²) in [5, 5.41) is 4.49. The average molecular weight is 312 g/mol. The lowest BCUT2D eigenvalue weighted by atomic mass is 10.1. The molecular weight excluding hydrogens is 297 g/mol. The molecule has 0 saturated carbocycles. The molecule has 0 radical (unpaired) electrons. The van der Waals surface area contributed by atoms with Crippen molar-refractivity contribution in [1.29, 1.82) is 0 Å². The van der Waals surface area contributed by atoms with Gasteiger partial charge in [0.15, 0.2) is 0 Å². The molecule has 100 valence electrons. The van der Waals surface area contributed by atoms with Gasteiger partial charge in [0.2, 0.25) is 0 Å². The molecule has 0 bridgehead atoms. The van der Waals surface area contributed by atoms with Crippen molar-refractivity contribution in [2.45, 2.75) is 31.8 Å². The van der Waals surface area contributed by atoms with Crippen molar-refractivity contribution in [3.05, 3.63) is 55.7 Å². The van der Waals surface area contributed by atoms with E-state index < -0.39 is 0 Å². The van der Waals surface area contributed by atoms with Gasteiger partial charge in [0.25, 0.3) is 0 Å². The summed E-state index contributed by atoms with van der Waals surface area (Å²) >= 11 is 14.0. The van der Waals surface area contributed by atoms with Gasteiger partial charge >= 0.3 is 0 Å². The van der Waals surface area contributed by atoms with Crippen LogP contribution in [0, 0.1) is 0 Å². The molecule has 2 unspecified atom stereocenters. The highest BCUT2D eigenvalue weighted by molar-refractivity contribution is 7.16. The van der Waals surface area contributed by atoms with Crippen LogP contribution in [0.15, 0.2) is 30.3 Å². The van der Waals surface area contributed by atoms with Crippen LogP contribution in [0.3, 0.4) is 0 Å². The molecule has 19 heavy (non-hydrogen) atoms. The van der Waals surface area contributed by atoms with E-state index in [0.717, 1.165) is 27.8 Å². The van der Waals surface area contributed by atoms with Gasteiger partial charge < -0.3 is 5.32 Å². The van der Waals surface area contributed by atoms with E-state index in [0.29, 0.717) is 6.04 Å². The Morgan fingerprint density at radius 3 is 2.89 bits per heavy atom. The first kappa shape index (κ1) is 13.4. The third-order valence-electron chi connectivity index (χ3n) is 3.67. The summed E-state index contributed by atoms with van der Waals surface area (Å²) in [6, 6.07) is 10.7. The van der Waals surface area contributed by atoms with Crippen molar-refractivity contribution in [1.82, 2.24) is 5.32 Å². The molecule has 1 nitrogen and oxygen atoms in total. The van der Waals surface area contributed by atoms with Crippen LogP contribution in [-0.2, 0) is 6.42 Å². The normalized spacial score (nSPS) is 19.4. The molecule has 0 saturated heterocycles. The number of nitrogens with one attached hydrogen (secondary N) is 1. The minimum absolute atomic E-state index is 0.239. The first-order valence-corrected chi connectivity index (χ1v) is 8.01. The summed E-state index contributed by atoms with van der Waals surface area (Å²) in [4.78, 5) is 1.42. The molecule has 0 spiro atoms. The zero-order valence-corrected chi connectivity index (χ0v) is 12.9. The van der Waals surface area contributed by atoms with E-state index >= 15 is 0 Å². The number of benzene rings is 1. The van der Waals surface area contributed by atoms with Crippen LogP contribution in [0.25, 0.3) is 0 Å². The second-order valence-corrected chi connectivity index (χ2v) is 7.11. The summed E-state index contributed by atoms with van der Waals surface area (Å²) in [6.07, 6.45) is 2.27. The second-order valence-electron chi connectivity index (χ2n) is 4.93. The molecule has 1 aliphatic rings. The van der Waals surface area contributed by atoms with Gasteiger partial charge in [0, 0.05) is 22.0 Å². The minimum Gasteiger partial charge on any atom is -0.303 e. The molecule has 0 aliphatic heterocycles. The third-order valence-corrected chi connectivity index (χ3v) is 5.35. The first-order chi connectivity index (χ1) is 9.15. The van der Waals surface area contributed by atoms with Gasteiger partial charge in [-0.05, 0) is 43.0 Å². The smallest absolute Gasteiger partial charge is 0.0934 e. The molecule has 1 aromatic heterocycles. The maximum Gasteiger partial charge on any atom is 0.0934 e. The Morgan fingerprint density at radius 2 is 2.11 bits per heavy atom. The number of hydrogen-bond acceptors (Lipinski definition) is 2. The fourth-order valence-corrected chi connectivity index (χ4v) is 4.38. The van der Waals surface area contributed by atoms with E-state index in [1.54, 1.807) is 11.3 Å². The molecule has 0 fully saturated rings. The van der Waals surface area contributed by atoms with Crippen LogP contribution in [0.2, 0.25) is 9.36 Å². The molecule has 4 heteroatoms. The van der Waals surface area contributed by atoms with Crippen molar-refractivity contribution < 1.29 is 0 Å². The van der Waals surface area contributed by atoms with Crippen LogP contribution >= 0.6 is 34.5 Å². The number of hydrogen-bond donors (Lipinski definition) is 1. The van der Waals surface area contributed by atoms with Gasteiger partial charge in [-0.1, -0.05) is 41.4 Å². The number of thiophene rings is 1. The summed E-state index contributed by atoms with van der Waals surface area (Å²) in [5.41, 5.74) is 2.52. The van der Waals surface area contributed by atoms with Crippen molar-refractivity contribution in [2.75, 3.05) is 0 Å². The standard InChI is InChI=1S/C15H15Cl2NS/c1-9(10-4-2-3-5-12(10)16)18-13-6-7-14-11(13)8-15(17)19-14/h2-5,8-9,13,18H,6-7H2,1H3. The van der Waals surface area contributed by atoms with Crippen molar-refractivity contribution in [2.24, 2.45) is 0 Å². The van der Waals surface area contributed by atoms with Crippen LogP contribution in [-0.4, -0.2) is 0 Å². The van der Waals surface area contributed by atoms with E-state index in [-0.39, 0.29) is 6.04 Å². The lowest BCUT2D eigenvalue weighted by Crippen LogP contribution is -2.23. The predicted molar refractivity (Wildman–Crippen MR) is 83.4 cm³/mol. The maximum absolute atomic E-state index is 6.25. The Balaban J connectivity index is 1.78. The van der Waals surface area contributed by atoms with E-state index in [1.807, 2.05) is 18.2 Å². The fraction of sp³-hybridized carbons (Fsp3) is 0.333. The molecule has 1 aliphatic carbocycles. The van der Waals surface area contributed by atoms with Crippen molar-refractivity contribution in [3.8, 4) is 0 Å². The van der Waals surface area contributed by atoms with Crippen LogP contribution in [0.5, 0.6) is 0 Å². The molecular formula is C15H15Cl2NS. The second kappa shape index (κ2) is 5.45. The summed E-state index contributed by atoms with van der Waals surface area (Å²) in [7, 11) is 0. The Kier molecular flexibility index (Phi) is 3.86. The van der Waals surface area contributed by atoms with Gasteiger partial charge in [-0.25, -0.2) is 0 Å². The molecule has 2 atom stereocenters. The van der Waals surface area contributed by atoms with Gasteiger partial charge in [-0.15, -0.1) is 11.3 Å². The van der Waals surface area contributed by atoms with E-state index in [2.05, 4.69) is 24.4 Å². The van der Waals surface area contributed by atoms with Gasteiger partial charge in [-0.2, -0.15) is 0 Å². The SMILES string of the molecule is CC(NC1CCc2sc(Cl)cc21)c1ccccc1Cl. The number of halogens is 2. The minimum atomic E-state index is 0.239. The van der Waals surface area contributed by atoms with E-state index in [1.165, 1.54) is 10.4 Å². The van der Waals surface area contributed by atoms with Crippen LogP contribution in [0.4, 0.5) is 0 Å². The largest absolute Gasteiger partial charge is 0.303 e. The Bertz CT molecular complexity index is 594. The van der Waals surface area contributed by atoms with E-state index in [4.69, 9.17) is 23.2 Å². The van der Waals surface area contributed by atoms with Gasteiger partial charge in [0.05, 0.1) is 4.34 Å². The fourth-order valence-electron chi connectivity index (χ4n) is 2.72. The zero-order valence-electron chi connectivity index (χ0n) is 10.6. The van der Waals surface area contributed by atoms with Crippen LogP contribution < -0.4 is 5.32 Å². The summed E-state index contributed by atoms with van der Waals surface area (Å²) < 4.78 is 0.891. The number of aryl methyl sites for hydroxylation is 1. The Labute approximate surface area is 127 Å². The van der Waals surface area contributed by atoms with Crippen molar-refractivity contribution in [3.63, 3.8) is 0 Å². The van der Waals surface area contributed by atoms with Crippen LogP contribution in [0.1, 0.15) is 41.4 Å². The molecule has 1 heterocycles. The highest BCUT2D eigenvalue weighted by atomic mass is 35.5. The predicted octanol–water partition coefficient (Wildman–Crippen LogP) is 5.39. The third kappa shape index (κ3) is 2.68. The lowest BCUT2D eigenvalue weighted by Gasteiger charge is -2.21. The molecule has 1 aromatic carbocycles. The zero-order chi connectivity index (χ0) is 13.4. The number of rotatable bonds is 3. The van der Waals surface area contributed by atoms with Gasteiger partial charge in [-0.3, -0.25) is 0 Å². The first-order valence-electron chi connectivity index (χ1n) is 6.43. The lowest BCUT2D eigenvalue weighted by molar-refractivity contribution is 0.465. The van der Waals surface area contributed by atoms with Crippen molar-refractivity contribution >= 4 is 34.5 Å². The quantitative estimate of drug-likeness (QED) is 0.801. The highest BCUT2D eigenvalue weighted by Crippen LogP contribution is 2.40. The topological polar surface area (TPSA) is 12.0 Å². The molecule has 1 N–H and O–H groups in total. The maximum atomic E-state index is 6.25. The average Bonchev–Trinajstić information content (AvgIpc) is 2.90. The highest BCUT2D eigenvalue weighted by Gasteiger charge is 2.26. The number of fused-ring (bicyclic) bond motifs is 1. The van der Waals surface area contributed by atoms with E-state index in [9.17, 15) is 0 Å². The van der Waals surface area contributed by atoms with Gasteiger partial charge in [0.1, 0.15) is 0 Å².